The minimum Gasteiger partial charge on any atom is -0.322 e. The van der Waals surface area contributed by atoms with Crippen LogP contribution in [0.1, 0.15) is 33.2 Å². The molecule has 3 aromatic rings. The summed E-state index contributed by atoms with van der Waals surface area (Å²) in [4.78, 5) is 24.8. The number of sulfonamides is 1. The number of nitrogens with one attached hydrogen (secondary N) is 2. The SMILES string of the molecule is C/C(=N/NC(=O)c1ccc(N(C)S(C)(=O)=O)cc1)c1cccc(NC(=O)c2ccccc2)c1. The van der Waals surface area contributed by atoms with E-state index in [2.05, 4.69) is 15.8 Å². The van der Waals surface area contributed by atoms with Crippen molar-refractivity contribution in [1.82, 2.24) is 5.43 Å². The third-order valence-electron chi connectivity index (χ3n) is 4.89. The molecule has 0 aromatic heterocycles. The normalized spacial score (nSPS) is 11.5. The van der Waals surface area contributed by atoms with Crippen molar-refractivity contribution in [3.05, 3.63) is 95.6 Å². The molecule has 0 heterocycles. The zero-order valence-corrected chi connectivity index (χ0v) is 19.3. The Morgan fingerprint density at radius 2 is 1.42 bits per heavy atom. The van der Waals surface area contributed by atoms with Crippen molar-refractivity contribution in [2.24, 2.45) is 5.10 Å². The Kier molecular flexibility index (Phi) is 7.24. The first-order valence-corrected chi connectivity index (χ1v) is 11.9. The highest BCUT2D eigenvalue weighted by molar-refractivity contribution is 7.92. The van der Waals surface area contributed by atoms with Gasteiger partial charge in [0.05, 0.1) is 17.7 Å². The van der Waals surface area contributed by atoms with E-state index >= 15 is 0 Å². The van der Waals surface area contributed by atoms with Crippen LogP contribution in [0.15, 0.2) is 84.0 Å². The lowest BCUT2D eigenvalue weighted by atomic mass is 10.1. The molecule has 0 saturated carbocycles. The molecule has 0 aliphatic carbocycles. The molecule has 33 heavy (non-hydrogen) atoms. The quantitative estimate of drug-likeness (QED) is 0.412. The molecule has 0 unspecified atom stereocenters. The summed E-state index contributed by atoms with van der Waals surface area (Å²) >= 11 is 0. The van der Waals surface area contributed by atoms with Crippen LogP contribution < -0.4 is 15.0 Å². The van der Waals surface area contributed by atoms with Crippen molar-refractivity contribution in [3.63, 3.8) is 0 Å². The maximum atomic E-state index is 12.4. The van der Waals surface area contributed by atoms with E-state index in [0.717, 1.165) is 16.1 Å². The Bertz CT molecular complexity index is 1290. The molecule has 0 atom stereocenters. The second-order valence-electron chi connectivity index (χ2n) is 7.32. The third kappa shape index (κ3) is 6.27. The molecule has 0 aliphatic heterocycles. The van der Waals surface area contributed by atoms with Crippen LogP contribution in [0, 0.1) is 0 Å². The Hall–Kier alpha value is -3.98. The van der Waals surface area contributed by atoms with Crippen LogP contribution in [0.3, 0.4) is 0 Å². The smallest absolute Gasteiger partial charge is 0.271 e. The molecular formula is C24H24N4O4S. The zero-order chi connectivity index (χ0) is 24.0. The van der Waals surface area contributed by atoms with Gasteiger partial charge in [0.25, 0.3) is 11.8 Å². The minimum absolute atomic E-state index is 0.222. The van der Waals surface area contributed by atoms with Gasteiger partial charge in [0.1, 0.15) is 0 Å². The molecule has 0 saturated heterocycles. The number of carbonyl (C=O) groups excluding carboxylic acids is 2. The van der Waals surface area contributed by atoms with Crippen molar-refractivity contribution < 1.29 is 18.0 Å². The molecule has 3 aromatic carbocycles. The highest BCUT2D eigenvalue weighted by Crippen LogP contribution is 2.17. The van der Waals surface area contributed by atoms with Gasteiger partial charge >= 0.3 is 0 Å². The van der Waals surface area contributed by atoms with E-state index in [1.807, 2.05) is 12.1 Å². The van der Waals surface area contributed by atoms with Gasteiger partial charge in [0.15, 0.2) is 0 Å². The number of rotatable bonds is 7. The topological polar surface area (TPSA) is 108 Å². The Balaban J connectivity index is 1.66. The molecule has 0 aliphatic rings. The molecule has 3 rings (SSSR count). The number of nitrogens with zero attached hydrogens (tertiary/aromatic N) is 2. The fourth-order valence-corrected chi connectivity index (χ4v) is 3.40. The minimum atomic E-state index is -3.38. The Morgan fingerprint density at radius 1 is 0.818 bits per heavy atom. The number of anilines is 2. The molecule has 170 valence electrons. The van der Waals surface area contributed by atoms with Crippen LogP contribution in [-0.4, -0.2) is 39.2 Å². The first-order chi connectivity index (χ1) is 15.6. The van der Waals surface area contributed by atoms with Crippen LogP contribution in [0.4, 0.5) is 11.4 Å². The summed E-state index contributed by atoms with van der Waals surface area (Å²) in [6.07, 6.45) is 1.10. The van der Waals surface area contributed by atoms with Gasteiger partial charge in [0.2, 0.25) is 10.0 Å². The number of benzene rings is 3. The van der Waals surface area contributed by atoms with Crippen molar-refractivity contribution in [2.45, 2.75) is 6.92 Å². The van der Waals surface area contributed by atoms with Crippen LogP contribution in [0.5, 0.6) is 0 Å². The summed E-state index contributed by atoms with van der Waals surface area (Å²) in [6, 6.07) is 22.2. The number of hydrogen-bond acceptors (Lipinski definition) is 5. The number of hydrogen-bond donors (Lipinski definition) is 2. The van der Waals surface area contributed by atoms with Gasteiger partial charge in [-0.1, -0.05) is 30.3 Å². The lowest BCUT2D eigenvalue weighted by molar-refractivity contribution is 0.0954. The maximum absolute atomic E-state index is 12.4. The fraction of sp³-hybridized carbons (Fsp3) is 0.125. The van der Waals surface area contributed by atoms with Crippen molar-refractivity contribution in [3.8, 4) is 0 Å². The summed E-state index contributed by atoms with van der Waals surface area (Å²) < 4.78 is 24.4. The predicted molar refractivity (Wildman–Crippen MR) is 130 cm³/mol. The molecule has 0 bridgehead atoms. The van der Waals surface area contributed by atoms with E-state index in [9.17, 15) is 18.0 Å². The van der Waals surface area contributed by atoms with Gasteiger partial charge in [-0.2, -0.15) is 5.10 Å². The van der Waals surface area contributed by atoms with Crippen LogP contribution in [0.2, 0.25) is 0 Å². The second-order valence-corrected chi connectivity index (χ2v) is 9.33. The summed E-state index contributed by atoms with van der Waals surface area (Å²) in [6.45, 7) is 1.74. The van der Waals surface area contributed by atoms with E-state index in [0.29, 0.717) is 28.2 Å². The summed E-state index contributed by atoms with van der Waals surface area (Å²) in [5.41, 5.74) is 5.71. The second kappa shape index (κ2) is 10.1. The average molecular weight is 465 g/mol. The lowest BCUT2D eigenvalue weighted by Gasteiger charge is -2.16. The molecule has 0 fully saturated rings. The largest absolute Gasteiger partial charge is 0.322 e. The Labute approximate surface area is 193 Å². The lowest BCUT2D eigenvalue weighted by Crippen LogP contribution is -2.25. The number of amides is 2. The molecular weight excluding hydrogens is 440 g/mol. The highest BCUT2D eigenvalue weighted by Gasteiger charge is 2.13. The van der Waals surface area contributed by atoms with Gasteiger partial charge in [-0.05, 0) is 61.0 Å². The van der Waals surface area contributed by atoms with E-state index in [-0.39, 0.29) is 5.91 Å². The van der Waals surface area contributed by atoms with Crippen molar-refractivity contribution in [1.29, 1.82) is 0 Å². The molecule has 2 amide bonds. The first-order valence-electron chi connectivity index (χ1n) is 10.0. The molecule has 8 nitrogen and oxygen atoms in total. The van der Waals surface area contributed by atoms with E-state index < -0.39 is 15.9 Å². The molecule has 2 N–H and O–H groups in total. The van der Waals surface area contributed by atoms with Gasteiger partial charge < -0.3 is 5.32 Å². The summed E-state index contributed by atoms with van der Waals surface area (Å²) in [5.74, 6) is -0.656. The van der Waals surface area contributed by atoms with Crippen LogP contribution in [0.25, 0.3) is 0 Å². The third-order valence-corrected chi connectivity index (χ3v) is 6.10. The standard InChI is InChI=1S/C24H24N4O4S/c1-17(20-10-7-11-21(16-20)25-23(29)18-8-5-4-6-9-18)26-27-24(30)19-12-14-22(15-13-19)28(2)33(3,31)32/h4-16H,1-3H3,(H,25,29)(H,27,30)/b26-17-. The van der Waals surface area contributed by atoms with Crippen LogP contribution >= 0.6 is 0 Å². The molecule has 0 spiro atoms. The maximum Gasteiger partial charge on any atom is 0.271 e. The summed E-state index contributed by atoms with van der Waals surface area (Å²) in [7, 11) is -1.94. The van der Waals surface area contributed by atoms with Gasteiger partial charge in [0, 0.05) is 23.9 Å². The first kappa shape index (κ1) is 23.7. The van der Waals surface area contributed by atoms with Crippen LogP contribution in [-0.2, 0) is 10.0 Å². The monoisotopic (exact) mass is 464 g/mol. The Morgan fingerprint density at radius 3 is 2.06 bits per heavy atom. The van der Waals surface area contributed by atoms with E-state index in [4.69, 9.17) is 0 Å². The van der Waals surface area contributed by atoms with Crippen molar-refractivity contribution >= 4 is 38.9 Å². The molecule has 9 heteroatoms. The number of carbonyl (C=O) groups is 2. The van der Waals surface area contributed by atoms with Gasteiger partial charge in [-0.3, -0.25) is 13.9 Å². The van der Waals surface area contributed by atoms with E-state index in [1.165, 1.54) is 19.2 Å². The van der Waals surface area contributed by atoms with E-state index in [1.54, 1.807) is 61.5 Å². The zero-order valence-electron chi connectivity index (χ0n) is 18.4. The number of hydrazone groups is 1. The predicted octanol–water partition coefficient (Wildman–Crippen LogP) is 3.49. The fourth-order valence-electron chi connectivity index (χ4n) is 2.89. The summed E-state index contributed by atoms with van der Waals surface area (Å²) in [5, 5.41) is 6.99. The highest BCUT2D eigenvalue weighted by atomic mass is 32.2. The average Bonchev–Trinajstić information content (AvgIpc) is 2.82. The molecule has 0 radical (unpaired) electrons. The van der Waals surface area contributed by atoms with Gasteiger partial charge in [-0.25, -0.2) is 13.8 Å². The van der Waals surface area contributed by atoms with Gasteiger partial charge in [-0.15, -0.1) is 0 Å². The van der Waals surface area contributed by atoms with Crippen molar-refractivity contribution in [2.75, 3.05) is 22.9 Å².